The Kier molecular flexibility index (Phi) is 4.96. The molecule has 0 fully saturated rings. The molecule has 1 aliphatic rings. The minimum absolute atomic E-state index is 0.0921. The second-order valence-corrected chi connectivity index (χ2v) is 6.69. The fraction of sp³-hybridized carbons (Fsp3) is 0.200. The standard InChI is InChI=1S/C15H15Cl2N5S/c1-9-19-12(17)7-13(20-9)21-15-22(5-6-23-15)14-10(8-18)3-2-4-11(14)16/h2-7,15H,8,18H2,1H3,(H,19,20,21). The Bertz CT molecular complexity index is 732. The number of halogens is 2. The number of aromatic nitrogens is 2. The van der Waals surface area contributed by atoms with E-state index in [0.29, 0.717) is 28.4 Å². The molecule has 8 heteroatoms. The lowest BCUT2D eigenvalue weighted by Gasteiger charge is -2.28. The average molecular weight is 368 g/mol. The minimum Gasteiger partial charge on any atom is -0.341 e. The lowest BCUT2D eigenvalue weighted by molar-refractivity contribution is 0.935. The lowest BCUT2D eigenvalue weighted by Crippen LogP contribution is -2.33. The van der Waals surface area contributed by atoms with Crippen LogP contribution < -0.4 is 16.0 Å². The van der Waals surface area contributed by atoms with Crippen molar-refractivity contribution >= 4 is 46.5 Å². The van der Waals surface area contributed by atoms with Gasteiger partial charge in [-0.05, 0) is 24.0 Å². The van der Waals surface area contributed by atoms with Gasteiger partial charge in [0.15, 0.2) is 5.50 Å². The first-order chi connectivity index (χ1) is 11.1. The topological polar surface area (TPSA) is 67.1 Å². The quantitative estimate of drug-likeness (QED) is 0.796. The minimum atomic E-state index is -0.0921. The second kappa shape index (κ2) is 6.97. The molecule has 0 radical (unpaired) electrons. The number of nitrogens with zero attached hydrogens (tertiary/aromatic N) is 3. The maximum atomic E-state index is 6.39. The lowest BCUT2D eigenvalue weighted by atomic mass is 10.1. The van der Waals surface area contributed by atoms with E-state index in [2.05, 4.69) is 15.3 Å². The van der Waals surface area contributed by atoms with E-state index in [1.54, 1.807) is 24.8 Å². The van der Waals surface area contributed by atoms with E-state index in [4.69, 9.17) is 28.9 Å². The van der Waals surface area contributed by atoms with Crippen LogP contribution in [0, 0.1) is 6.92 Å². The predicted octanol–water partition coefficient (Wildman–Crippen LogP) is 3.97. The third-order valence-corrected chi connectivity index (χ3v) is 4.69. The molecule has 1 atom stereocenters. The zero-order valence-electron chi connectivity index (χ0n) is 12.3. The number of hydrogen-bond donors (Lipinski definition) is 2. The fourth-order valence-corrected chi connectivity index (χ4v) is 3.72. The number of nitrogens with one attached hydrogen (secondary N) is 1. The summed E-state index contributed by atoms with van der Waals surface area (Å²) in [5.74, 6) is 1.28. The van der Waals surface area contributed by atoms with Crippen LogP contribution in [0.15, 0.2) is 35.9 Å². The molecule has 1 aromatic heterocycles. The van der Waals surface area contributed by atoms with Crippen LogP contribution in [-0.2, 0) is 6.54 Å². The molecule has 5 nitrogen and oxygen atoms in total. The summed E-state index contributed by atoms with van der Waals surface area (Å²) in [5, 5.41) is 6.40. The summed E-state index contributed by atoms with van der Waals surface area (Å²) in [6, 6.07) is 7.43. The number of para-hydroxylation sites is 1. The van der Waals surface area contributed by atoms with Gasteiger partial charge in [-0.15, -0.1) is 0 Å². The molecule has 1 unspecified atom stereocenters. The molecule has 3 rings (SSSR count). The summed E-state index contributed by atoms with van der Waals surface area (Å²) >= 11 is 14.0. The number of aryl methyl sites for hydroxylation is 1. The van der Waals surface area contributed by atoms with Crippen LogP contribution in [0.25, 0.3) is 0 Å². The maximum absolute atomic E-state index is 6.39. The van der Waals surface area contributed by atoms with Crippen LogP contribution in [0.4, 0.5) is 11.5 Å². The molecule has 2 heterocycles. The smallest absolute Gasteiger partial charge is 0.157 e. The SMILES string of the molecule is Cc1nc(Cl)cc(NC2SC=CN2c2c(Cl)cccc2CN)n1. The van der Waals surface area contributed by atoms with E-state index in [0.717, 1.165) is 11.3 Å². The van der Waals surface area contributed by atoms with Gasteiger partial charge in [-0.1, -0.05) is 47.1 Å². The highest BCUT2D eigenvalue weighted by Crippen LogP contribution is 2.37. The van der Waals surface area contributed by atoms with Crippen LogP contribution in [0.2, 0.25) is 10.2 Å². The predicted molar refractivity (Wildman–Crippen MR) is 97.7 cm³/mol. The molecule has 0 aliphatic carbocycles. The molecule has 0 saturated heterocycles. The number of rotatable bonds is 4. The van der Waals surface area contributed by atoms with Gasteiger partial charge in [0.2, 0.25) is 0 Å². The molecule has 120 valence electrons. The third kappa shape index (κ3) is 3.55. The highest BCUT2D eigenvalue weighted by Gasteiger charge is 2.25. The van der Waals surface area contributed by atoms with Crippen molar-refractivity contribution in [3.63, 3.8) is 0 Å². The van der Waals surface area contributed by atoms with Gasteiger partial charge in [0, 0.05) is 18.8 Å². The van der Waals surface area contributed by atoms with E-state index in [1.807, 2.05) is 34.7 Å². The molecular formula is C15H15Cl2N5S. The highest BCUT2D eigenvalue weighted by atomic mass is 35.5. The Labute approximate surface area is 148 Å². The van der Waals surface area contributed by atoms with Gasteiger partial charge in [0.05, 0.1) is 10.7 Å². The Morgan fingerprint density at radius 1 is 1.35 bits per heavy atom. The Morgan fingerprint density at radius 2 is 2.17 bits per heavy atom. The van der Waals surface area contributed by atoms with E-state index < -0.39 is 0 Å². The van der Waals surface area contributed by atoms with Crippen molar-refractivity contribution < 1.29 is 0 Å². The zero-order chi connectivity index (χ0) is 16.4. The van der Waals surface area contributed by atoms with Gasteiger partial charge in [-0.25, -0.2) is 9.97 Å². The van der Waals surface area contributed by atoms with E-state index in [-0.39, 0.29) is 5.50 Å². The number of nitrogens with two attached hydrogens (primary N) is 1. The number of anilines is 2. The molecule has 1 aromatic carbocycles. The van der Waals surface area contributed by atoms with Gasteiger partial charge >= 0.3 is 0 Å². The van der Waals surface area contributed by atoms with Crippen molar-refractivity contribution in [1.29, 1.82) is 0 Å². The first-order valence-electron chi connectivity index (χ1n) is 6.94. The van der Waals surface area contributed by atoms with E-state index >= 15 is 0 Å². The second-order valence-electron chi connectivity index (χ2n) is 4.90. The van der Waals surface area contributed by atoms with Crippen LogP contribution in [0.3, 0.4) is 0 Å². The molecule has 23 heavy (non-hydrogen) atoms. The number of benzene rings is 1. The Hall–Kier alpha value is -1.47. The number of hydrogen-bond acceptors (Lipinski definition) is 6. The van der Waals surface area contributed by atoms with Gasteiger partial charge in [-0.3, -0.25) is 0 Å². The van der Waals surface area contributed by atoms with Gasteiger partial charge < -0.3 is 16.0 Å². The van der Waals surface area contributed by atoms with Crippen molar-refractivity contribution in [2.45, 2.75) is 19.0 Å². The zero-order valence-corrected chi connectivity index (χ0v) is 14.7. The maximum Gasteiger partial charge on any atom is 0.157 e. The normalized spacial score (nSPS) is 16.9. The largest absolute Gasteiger partial charge is 0.341 e. The highest BCUT2D eigenvalue weighted by molar-refractivity contribution is 8.03. The molecule has 0 spiro atoms. The van der Waals surface area contributed by atoms with Crippen LogP contribution in [0.5, 0.6) is 0 Å². The molecule has 2 aromatic rings. The van der Waals surface area contributed by atoms with E-state index in [9.17, 15) is 0 Å². The monoisotopic (exact) mass is 367 g/mol. The summed E-state index contributed by atoms with van der Waals surface area (Å²) in [5.41, 5.74) is 7.63. The number of thioether (sulfide) groups is 1. The molecule has 0 amide bonds. The molecule has 3 N–H and O–H groups in total. The Morgan fingerprint density at radius 3 is 2.91 bits per heavy atom. The van der Waals surface area contributed by atoms with Crippen molar-refractivity contribution in [2.24, 2.45) is 5.73 Å². The van der Waals surface area contributed by atoms with E-state index in [1.165, 1.54) is 0 Å². The summed E-state index contributed by atoms with van der Waals surface area (Å²) in [6.45, 7) is 2.21. The first kappa shape index (κ1) is 16.4. The van der Waals surface area contributed by atoms with Crippen LogP contribution in [-0.4, -0.2) is 15.5 Å². The third-order valence-electron chi connectivity index (χ3n) is 3.31. The van der Waals surface area contributed by atoms with Crippen LogP contribution >= 0.6 is 35.0 Å². The van der Waals surface area contributed by atoms with Gasteiger partial charge in [0.1, 0.15) is 16.8 Å². The van der Waals surface area contributed by atoms with Crippen LogP contribution in [0.1, 0.15) is 11.4 Å². The molecule has 0 saturated carbocycles. The van der Waals surface area contributed by atoms with Crippen molar-refractivity contribution in [3.8, 4) is 0 Å². The molecule has 1 aliphatic heterocycles. The van der Waals surface area contributed by atoms with Gasteiger partial charge in [0.25, 0.3) is 0 Å². The molecule has 0 bridgehead atoms. The summed E-state index contributed by atoms with van der Waals surface area (Å²) in [4.78, 5) is 10.5. The average Bonchev–Trinajstić information content (AvgIpc) is 2.93. The van der Waals surface area contributed by atoms with Gasteiger partial charge in [-0.2, -0.15) is 0 Å². The van der Waals surface area contributed by atoms with Crippen molar-refractivity contribution in [2.75, 3.05) is 10.2 Å². The Balaban J connectivity index is 1.90. The van der Waals surface area contributed by atoms with Crippen molar-refractivity contribution in [1.82, 2.24) is 9.97 Å². The summed E-state index contributed by atoms with van der Waals surface area (Å²) in [6.07, 6.45) is 1.97. The molecular weight excluding hydrogens is 353 g/mol. The van der Waals surface area contributed by atoms with Crippen molar-refractivity contribution in [3.05, 3.63) is 57.4 Å². The summed E-state index contributed by atoms with van der Waals surface area (Å²) < 4.78 is 0. The first-order valence-corrected chi connectivity index (χ1v) is 8.64. The fourth-order valence-electron chi connectivity index (χ4n) is 2.36. The summed E-state index contributed by atoms with van der Waals surface area (Å²) in [7, 11) is 0.